The molecular formula is C16H26O3. The first-order valence-corrected chi connectivity index (χ1v) is 7.46. The van der Waals surface area contributed by atoms with Crippen molar-refractivity contribution in [1.82, 2.24) is 0 Å². The molecule has 2 aliphatic carbocycles. The molecule has 2 rings (SSSR count). The van der Waals surface area contributed by atoms with E-state index >= 15 is 0 Å². The van der Waals surface area contributed by atoms with Crippen LogP contribution >= 0.6 is 0 Å². The molecular weight excluding hydrogens is 240 g/mol. The van der Waals surface area contributed by atoms with Gasteiger partial charge >= 0.3 is 0 Å². The van der Waals surface area contributed by atoms with Crippen molar-refractivity contribution in [2.45, 2.75) is 38.7 Å². The summed E-state index contributed by atoms with van der Waals surface area (Å²) in [5, 5.41) is 0. The molecule has 2 aliphatic rings. The predicted octanol–water partition coefficient (Wildman–Crippen LogP) is 3.31. The average molecular weight is 266 g/mol. The van der Waals surface area contributed by atoms with E-state index in [9.17, 15) is 0 Å². The van der Waals surface area contributed by atoms with Crippen LogP contribution in [-0.4, -0.2) is 33.0 Å². The molecule has 1 saturated carbocycles. The Labute approximate surface area is 116 Å². The van der Waals surface area contributed by atoms with Gasteiger partial charge in [0.1, 0.15) is 12.4 Å². The van der Waals surface area contributed by atoms with Gasteiger partial charge in [-0.2, -0.15) is 0 Å². The number of ether oxygens (including phenoxy) is 3. The second-order valence-electron chi connectivity index (χ2n) is 5.40. The van der Waals surface area contributed by atoms with Crippen molar-refractivity contribution in [3.63, 3.8) is 0 Å². The SMILES string of the molecule is CCCOC1CCC2C=C(OCCOC)C=C[C@H]2C1. The second kappa shape index (κ2) is 7.71. The van der Waals surface area contributed by atoms with Gasteiger partial charge < -0.3 is 14.2 Å². The first kappa shape index (κ1) is 14.6. The van der Waals surface area contributed by atoms with Crippen molar-refractivity contribution in [2.24, 2.45) is 11.8 Å². The fraction of sp³-hybridized carbons (Fsp3) is 0.750. The second-order valence-corrected chi connectivity index (χ2v) is 5.40. The maximum absolute atomic E-state index is 5.89. The van der Waals surface area contributed by atoms with Crippen LogP contribution < -0.4 is 0 Å². The van der Waals surface area contributed by atoms with E-state index in [1.54, 1.807) is 7.11 Å². The lowest BCUT2D eigenvalue weighted by atomic mass is 9.75. The van der Waals surface area contributed by atoms with Crippen molar-refractivity contribution in [1.29, 1.82) is 0 Å². The summed E-state index contributed by atoms with van der Waals surface area (Å²) in [4.78, 5) is 0. The Morgan fingerprint density at radius 1 is 1.16 bits per heavy atom. The number of hydrogen-bond acceptors (Lipinski definition) is 3. The normalized spacial score (nSPS) is 29.8. The zero-order valence-electron chi connectivity index (χ0n) is 12.1. The molecule has 1 fully saturated rings. The first-order chi connectivity index (χ1) is 9.33. The van der Waals surface area contributed by atoms with Crippen LogP contribution in [0.1, 0.15) is 32.6 Å². The molecule has 3 heteroatoms. The quantitative estimate of drug-likeness (QED) is 0.662. The number of allylic oxidation sites excluding steroid dienone is 3. The van der Waals surface area contributed by atoms with Crippen molar-refractivity contribution < 1.29 is 14.2 Å². The van der Waals surface area contributed by atoms with Gasteiger partial charge in [0.15, 0.2) is 0 Å². The molecule has 0 aliphatic heterocycles. The minimum absolute atomic E-state index is 0.454. The summed E-state index contributed by atoms with van der Waals surface area (Å²) < 4.78 is 16.6. The number of methoxy groups -OCH3 is 1. The van der Waals surface area contributed by atoms with Crippen LogP contribution in [-0.2, 0) is 14.2 Å². The fourth-order valence-corrected chi connectivity index (χ4v) is 2.88. The molecule has 0 aromatic carbocycles. The van der Waals surface area contributed by atoms with Crippen LogP contribution in [0, 0.1) is 11.8 Å². The van der Waals surface area contributed by atoms with Gasteiger partial charge in [-0.3, -0.25) is 0 Å². The summed E-state index contributed by atoms with van der Waals surface area (Å²) in [5.74, 6) is 2.26. The van der Waals surface area contributed by atoms with E-state index in [-0.39, 0.29) is 0 Å². The van der Waals surface area contributed by atoms with Gasteiger partial charge in [-0.05, 0) is 49.7 Å². The van der Waals surface area contributed by atoms with Gasteiger partial charge in [0.05, 0.1) is 12.7 Å². The number of hydrogen-bond donors (Lipinski definition) is 0. The molecule has 108 valence electrons. The van der Waals surface area contributed by atoms with Crippen LogP contribution in [0.4, 0.5) is 0 Å². The molecule has 0 spiro atoms. The maximum Gasteiger partial charge on any atom is 0.115 e. The highest BCUT2D eigenvalue weighted by Gasteiger charge is 2.30. The summed E-state index contributed by atoms with van der Waals surface area (Å²) >= 11 is 0. The van der Waals surface area contributed by atoms with Crippen molar-refractivity contribution in [2.75, 3.05) is 26.9 Å². The molecule has 0 amide bonds. The van der Waals surface area contributed by atoms with Gasteiger partial charge in [0, 0.05) is 13.7 Å². The summed E-state index contributed by atoms with van der Waals surface area (Å²) in [6, 6.07) is 0. The Hall–Kier alpha value is -0.800. The van der Waals surface area contributed by atoms with Crippen LogP contribution in [0.15, 0.2) is 24.0 Å². The third kappa shape index (κ3) is 4.36. The number of rotatable bonds is 7. The Morgan fingerprint density at radius 3 is 2.84 bits per heavy atom. The van der Waals surface area contributed by atoms with Crippen LogP contribution in [0.3, 0.4) is 0 Å². The lowest BCUT2D eigenvalue weighted by molar-refractivity contribution is 0.00991. The third-order valence-corrected chi connectivity index (χ3v) is 3.91. The van der Waals surface area contributed by atoms with E-state index in [0.29, 0.717) is 31.2 Å². The highest BCUT2D eigenvalue weighted by atomic mass is 16.5. The summed E-state index contributed by atoms with van der Waals surface area (Å²) in [7, 11) is 1.70. The first-order valence-electron chi connectivity index (χ1n) is 7.46. The summed E-state index contributed by atoms with van der Waals surface area (Å²) in [5.41, 5.74) is 0. The molecule has 0 aromatic heterocycles. The topological polar surface area (TPSA) is 27.7 Å². The Kier molecular flexibility index (Phi) is 5.93. The Balaban J connectivity index is 1.79. The fourth-order valence-electron chi connectivity index (χ4n) is 2.88. The van der Waals surface area contributed by atoms with Gasteiger partial charge in [-0.25, -0.2) is 0 Å². The molecule has 0 bridgehead atoms. The molecule has 2 unspecified atom stereocenters. The predicted molar refractivity (Wildman–Crippen MR) is 75.9 cm³/mol. The van der Waals surface area contributed by atoms with Crippen molar-refractivity contribution in [3.05, 3.63) is 24.0 Å². The van der Waals surface area contributed by atoms with Crippen molar-refractivity contribution in [3.8, 4) is 0 Å². The van der Waals surface area contributed by atoms with E-state index in [0.717, 1.165) is 25.2 Å². The third-order valence-electron chi connectivity index (χ3n) is 3.91. The van der Waals surface area contributed by atoms with E-state index in [1.807, 2.05) is 0 Å². The zero-order valence-corrected chi connectivity index (χ0v) is 12.1. The van der Waals surface area contributed by atoms with E-state index in [1.165, 1.54) is 12.8 Å². The Bertz CT molecular complexity index is 322. The average Bonchev–Trinajstić information content (AvgIpc) is 2.45. The largest absolute Gasteiger partial charge is 0.492 e. The van der Waals surface area contributed by atoms with Crippen LogP contribution in [0.2, 0.25) is 0 Å². The van der Waals surface area contributed by atoms with Gasteiger partial charge in [0.25, 0.3) is 0 Å². The monoisotopic (exact) mass is 266 g/mol. The van der Waals surface area contributed by atoms with Gasteiger partial charge in [-0.1, -0.05) is 13.0 Å². The van der Waals surface area contributed by atoms with Crippen molar-refractivity contribution >= 4 is 0 Å². The summed E-state index contributed by atoms with van der Waals surface area (Å²) in [6.45, 7) is 4.34. The van der Waals surface area contributed by atoms with Crippen LogP contribution in [0.25, 0.3) is 0 Å². The maximum atomic E-state index is 5.89. The molecule has 0 heterocycles. The smallest absolute Gasteiger partial charge is 0.115 e. The molecule has 19 heavy (non-hydrogen) atoms. The molecule has 3 nitrogen and oxygen atoms in total. The Morgan fingerprint density at radius 2 is 2.05 bits per heavy atom. The van der Waals surface area contributed by atoms with Gasteiger partial charge in [0.2, 0.25) is 0 Å². The molecule has 0 saturated heterocycles. The standard InChI is InChI=1S/C16H26O3/c1-3-8-18-15-6-4-14-12-16(19-10-9-17-2)7-5-13(14)11-15/h5,7,12-15H,3-4,6,8-11H2,1-2H3/t13-,14?,15?/m0/s1. The zero-order chi connectivity index (χ0) is 13.5. The molecule has 0 radical (unpaired) electrons. The molecule has 3 atom stereocenters. The van der Waals surface area contributed by atoms with Gasteiger partial charge in [-0.15, -0.1) is 0 Å². The van der Waals surface area contributed by atoms with E-state index < -0.39 is 0 Å². The number of fused-ring (bicyclic) bond motifs is 1. The molecule has 0 aromatic rings. The highest BCUT2D eigenvalue weighted by molar-refractivity contribution is 5.21. The summed E-state index contributed by atoms with van der Waals surface area (Å²) in [6.07, 6.45) is 11.8. The van der Waals surface area contributed by atoms with E-state index in [4.69, 9.17) is 14.2 Å². The van der Waals surface area contributed by atoms with Crippen LogP contribution in [0.5, 0.6) is 0 Å². The molecule has 0 N–H and O–H groups in total. The highest BCUT2D eigenvalue weighted by Crippen LogP contribution is 2.37. The minimum Gasteiger partial charge on any atom is -0.492 e. The minimum atomic E-state index is 0.454. The lowest BCUT2D eigenvalue weighted by Gasteiger charge is -2.35. The van der Waals surface area contributed by atoms with E-state index in [2.05, 4.69) is 25.2 Å². The lowest BCUT2D eigenvalue weighted by Crippen LogP contribution is -2.29.